The smallest absolute Gasteiger partial charge is 0.0761 e. The van der Waals surface area contributed by atoms with Crippen molar-refractivity contribution in [2.45, 2.75) is 37.8 Å². The molecule has 0 unspecified atom stereocenters. The third-order valence-corrected chi connectivity index (χ3v) is 3.89. The SMILES string of the molecule is Nc1ccc(Cl)cc1[C@@H](N)[C@@H](O)C1CCCC1. The first-order chi connectivity index (χ1) is 8.09. The third-order valence-electron chi connectivity index (χ3n) is 3.66. The Morgan fingerprint density at radius 3 is 2.59 bits per heavy atom. The van der Waals surface area contributed by atoms with Gasteiger partial charge in [-0.1, -0.05) is 24.4 Å². The Morgan fingerprint density at radius 1 is 1.29 bits per heavy atom. The molecule has 3 nitrogen and oxygen atoms in total. The number of hydrogen-bond donors (Lipinski definition) is 3. The van der Waals surface area contributed by atoms with Crippen LogP contribution in [0.25, 0.3) is 0 Å². The number of aliphatic hydroxyl groups is 1. The number of halogens is 1. The number of benzene rings is 1. The molecule has 0 amide bonds. The highest BCUT2D eigenvalue weighted by molar-refractivity contribution is 6.30. The number of rotatable bonds is 3. The highest BCUT2D eigenvalue weighted by Gasteiger charge is 2.29. The standard InChI is InChI=1S/C13H19ClN2O/c14-9-5-6-11(15)10(7-9)12(16)13(17)8-3-1-2-4-8/h5-8,12-13,17H,1-4,15-16H2/t12-,13+/m1/s1. The van der Waals surface area contributed by atoms with Gasteiger partial charge in [0, 0.05) is 10.7 Å². The van der Waals surface area contributed by atoms with Crippen LogP contribution in [0, 0.1) is 5.92 Å². The third kappa shape index (κ3) is 2.73. The second-order valence-corrected chi connectivity index (χ2v) is 5.27. The average Bonchev–Trinajstić information content (AvgIpc) is 2.84. The van der Waals surface area contributed by atoms with Gasteiger partial charge in [-0.05, 0) is 42.5 Å². The van der Waals surface area contributed by atoms with Crippen LogP contribution < -0.4 is 11.5 Å². The predicted octanol–water partition coefficient (Wildman–Crippen LogP) is 2.47. The Hall–Kier alpha value is -0.770. The van der Waals surface area contributed by atoms with Crippen molar-refractivity contribution in [3.05, 3.63) is 28.8 Å². The zero-order chi connectivity index (χ0) is 12.4. The highest BCUT2D eigenvalue weighted by atomic mass is 35.5. The van der Waals surface area contributed by atoms with Crippen molar-refractivity contribution in [3.8, 4) is 0 Å². The lowest BCUT2D eigenvalue weighted by Gasteiger charge is -2.25. The van der Waals surface area contributed by atoms with Crippen molar-refractivity contribution in [2.24, 2.45) is 11.7 Å². The topological polar surface area (TPSA) is 72.3 Å². The zero-order valence-corrected chi connectivity index (χ0v) is 10.5. The molecule has 1 aromatic rings. The Morgan fingerprint density at radius 2 is 1.94 bits per heavy atom. The molecule has 1 aromatic carbocycles. The minimum Gasteiger partial charge on any atom is -0.398 e. The van der Waals surface area contributed by atoms with Crippen molar-refractivity contribution in [1.29, 1.82) is 0 Å². The Labute approximate surface area is 107 Å². The summed E-state index contributed by atoms with van der Waals surface area (Å²) in [7, 11) is 0. The van der Waals surface area contributed by atoms with Gasteiger partial charge in [0.1, 0.15) is 0 Å². The molecule has 4 heteroatoms. The second kappa shape index (κ2) is 5.25. The Kier molecular flexibility index (Phi) is 3.92. The zero-order valence-electron chi connectivity index (χ0n) is 9.77. The van der Waals surface area contributed by atoms with Gasteiger partial charge in [0.25, 0.3) is 0 Å². The van der Waals surface area contributed by atoms with Crippen LogP contribution in [0.5, 0.6) is 0 Å². The van der Waals surface area contributed by atoms with Gasteiger partial charge in [-0.25, -0.2) is 0 Å². The largest absolute Gasteiger partial charge is 0.398 e. The van der Waals surface area contributed by atoms with E-state index in [9.17, 15) is 5.11 Å². The summed E-state index contributed by atoms with van der Waals surface area (Å²) in [6.07, 6.45) is 3.93. The lowest BCUT2D eigenvalue weighted by molar-refractivity contribution is 0.0847. The summed E-state index contributed by atoms with van der Waals surface area (Å²) in [6.45, 7) is 0. The molecule has 17 heavy (non-hydrogen) atoms. The van der Waals surface area contributed by atoms with Gasteiger partial charge >= 0.3 is 0 Å². The molecule has 0 bridgehead atoms. The first-order valence-corrected chi connectivity index (χ1v) is 6.46. The van der Waals surface area contributed by atoms with E-state index in [0.717, 1.165) is 18.4 Å². The molecule has 94 valence electrons. The van der Waals surface area contributed by atoms with Crippen molar-refractivity contribution in [1.82, 2.24) is 0 Å². The molecular formula is C13H19ClN2O. The molecule has 0 aromatic heterocycles. The normalized spacial score (nSPS) is 20.4. The average molecular weight is 255 g/mol. The van der Waals surface area contributed by atoms with E-state index in [0.29, 0.717) is 16.6 Å². The molecule has 0 spiro atoms. The molecule has 0 radical (unpaired) electrons. The molecule has 1 aliphatic carbocycles. The summed E-state index contributed by atoms with van der Waals surface area (Å²) >= 11 is 5.93. The fourth-order valence-electron chi connectivity index (χ4n) is 2.61. The van der Waals surface area contributed by atoms with Gasteiger partial charge in [0.15, 0.2) is 0 Å². The molecule has 2 rings (SSSR count). The van der Waals surface area contributed by atoms with Crippen LogP contribution in [-0.2, 0) is 0 Å². The number of nitrogen functional groups attached to an aromatic ring is 1. The van der Waals surface area contributed by atoms with Crippen LogP contribution in [0.15, 0.2) is 18.2 Å². The van der Waals surface area contributed by atoms with E-state index in [1.54, 1.807) is 18.2 Å². The predicted molar refractivity (Wildman–Crippen MR) is 70.8 cm³/mol. The maximum Gasteiger partial charge on any atom is 0.0761 e. The first kappa shape index (κ1) is 12.7. The number of aliphatic hydroxyl groups excluding tert-OH is 1. The van der Waals surface area contributed by atoms with Crippen molar-refractivity contribution >= 4 is 17.3 Å². The van der Waals surface area contributed by atoms with Gasteiger partial charge in [0.05, 0.1) is 12.1 Å². The Bertz CT molecular complexity index is 391. The van der Waals surface area contributed by atoms with Crippen LogP contribution >= 0.6 is 11.6 Å². The van der Waals surface area contributed by atoms with Gasteiger partial charge in [-0.3, -0.25) is 0 Å². The van der Waals surface area contributed by atoms with Gasteiger partial charge in [0.2, 0.25) is 0 Å². The molecule has 0 saturated heterocycles. The lowest BCUT2D eigenvalue weighted by atomic mass is 9.90. The summed E-state index contributed by atoms with van der Waals surface area (Å²) in [6, 6.07) is 4.77. The maximum atomic E-state index is 10.3. The van der Waals surface area contributed by atoms with Gasteiger partial charge in [-0.15, -0.1) is 0 Å². The molecular weight excluding hydrogens is 236 g/mol. The van der Waals surface area contributed by atoms with Crippen LogP contribution in [-0.4, -0.2) is 11.2 Å². The summed E-state index contributed by atoms with van der Waals surface area (Å²) < 4.78 is 0. The van der Waals surface area contributed by atoms with E-state index < -0.39 is 12.1 Å². The van der Waals surface area contributed by atoms with Gasteiger partial charge in [-0.2, -0.15) is 0 Å². The molecule has 1 saturated carbocycles. The van der Waals surface area contributed by atoms with E-state index in [1.807, 2.05) is 0 Å². The van der Waals surface area contributed by atoms with Crippen molar-refractivity contribution in [3.63, 3.8) is 0 Å². The molecule has 5 N–H and O–H groups in total. The first-order valence-electron chi connectivity index (χ1n) is 6.08. The second-order valence-electron chi connectivity index (χ2n) is 4.83. The summed E-state index contributed by atoms with van der Waals surface area (Å²) in [5, 5.41) is 10.9. The molecule has 0 aliphatic heterocycles. The maximum absolute atomic E-state index is 10.3. The minimum absolute atomic E-state index is 0.295. The lowest BCUT2D eigenvalue weighted by Crippen LogP contribution is -2.32. The number of hydrogen-bond acceptors (Lipinski definition) is 3. The highest BCUT2D eigenvalue weighted by Crippen LogP contribution is 2.34. The summed E-state index contributed by atoms with van der Waals surface area (Å²) in [4.78, 5) is 0. The van der Waals surface area contributed by atoms with E-state index >= 15 is 0 Å². The van der Waals surface area contributed by atoms with E-state index in [2.05, 4.69) is 0 Å². The van der Waals surface area contributed by atoms with E-state index in [4.69, 9.17) is 23.1 Å². The van der Waals surface area contributed by atoms with Gasteiger partial charge < -0.3 is 16.6 Å². The van der Waals surface area contributed by atoms with E-state index in [1.165, 1.54) is 12.8 Å². The quantitative estimate of drug-likeness (QED) is 0.726. The van der Waals surface area contributed by atoms with Crippen LogP contribution in [0.2, 0.25) is 5.02 Å². The molecule has 2 atom stereocenters. The Balaban J connectivity index is 2.17. The summed E-state index contributed by atoms with van der Waals surface area (Å²) in [5.74, 6) is 0.295. The molecule has 1 aliphatic rings. The number of nitrogens with two attached hydrogens (primary N) is 2. The van der Waals surface area contributed by atoms with Crippen LogP contribution in [0.4, 0.5) is 5.69 Å². The van der Waals surface area contributed by atoms with Crippen molar-refractivity contribution < 1.29 is 5.11 Å². The monoisotopic (exact) mass is 254 g/mol. The summed E-state index contributed by atoms with van der Waals surface area (Å²) in [5.41, 5.74) is 13.3. The van der Waals surface area contributed by atoms with Crippen molar-refractivity contribution in [2.75, 3.05) is 5.73 Å². The number of anilines is 1. The molecule has 0 heterocycles. The van der Waals surface area contributed by atoms with Crippen LogP contribution in [0.3, 0.4) is 0 Å². The van der Waals surface area contributed by atoms with E-state index in [-0.39, 0.29) is 0 Å². The minimum atomic E-state index is -0.529. The fraction of sp³-hybridized carbons (Fsp3) is 0.538. The van der Waals surface area contributed by atoms with Crippen LogP contribution in [0.1, 0.15) is 37.3 Å². The fourth-order valence-corrected chi connectivity index (χ4v) is 2.79. The molecule has 1 fully saturated rings.